The van der Waals surface area contributed by atoms with E-state index in [1.54, 1.807) is 41.6 Å². The molecule has 0 aliphatic heterocycles. The van der Waals surface area contributed by atoms with Crippen LogP contribution in [0.5, 0.6) is 0 Å². The van der Waals surface area contributed by atoms with E-state index < -0.39 is 0 Å². The van der Waals surface area contributed by atoms with Crippen molar-refractivity contribution in [2.24, 2.45) is 0 Å². The number of anilines is 1. The highest BCUT2D eigenvalue weighted by atomic mass is 16.2. The molecule has 2 aromatic carbocycles. The second-order valence-electron chi connectivity index (χ2n) is 5.78. The average molecular weight is 327 g/mol. The number of aromatic nitrogens is 1. The molecule has 0 spiro atoms. The predicted molar refractivity (Wildman–Crippen MR) is 97.1 cm³/mol. The lowest BCUT2D eigenvalue weighted by Gasteiger charge is -2.23. The molecule has 0 radical (unpaired) electrons. The smallest absolute Gasteiger partial charge is 0.258 e. The minimum Gasteiger partial charge on any atom is -0.304 e. The van der Waals surface area contributed by atoms with Crippen LogP contribution in [-0.4, -0.2) is 10.9 Å². The second-order valence-corrected chi connectivity index (χ2v) is 5.78. The first kappa shape index (κ1) is 16.4. The molecule has 4 heteroatoms. The fraction of sp³-hybridized carbons (Fsp3) is 0.0952. The number of nitriles is 1. The average Bonchev–Trinajstić information content (AvgIpc) is 2.67. The molecule has 0 unspecified atom stereocenters. The van der Waals surface area contributed by atoms with Gasteiger partial charge >= 0.3 is 0 Å². The predicted octanol–water partition coefficient (Wildman–Crippen LogP) is 4.11. The van der Waals surface area contributed by atoms with Crippen molar-refractivity contribution in [3.05, 3.63) is 95.3 Å². The molecule has 1 aromatic heterocycles. The monoisotopic (exact) mass is 327 g/mol. The Morgan fingerprint density at radius 3 is 2.60 bits per heavy atom. The van der Waals surface area contributed by atoms with Gasteiger partial charge in [-0.2, -0.15) is 5.26 Å². The van der Waals surface area contributed by atoms with Crippen LogP contribution in [0.4, 0.5) is 5.69 Å². The second kappa shape index (κ2) is 7.41. The lowest BCUT2D eigenvalue weighted by Crippen LogP contribution is -2.30. The van der Waals surface area contributed by atoms with Crippen molar-refractivity contribution in [1.82, 2.24) is 4.98 Å². The minimum absolute atomic E-state index is 0.148. The van der Waals surface area contributed by atoms with E-state index in [1.807, 2.05) is 43.3 Å². The molecule has 1 heterocycles. The molecular weight excluding hydrogens is 310 g/mol. The topological polar surface area (TPSA) is 57.0 Å². The maximum Gasteiger partial charge on any atom is 0.258 e. The molecule has 0 atom stereocenters. The third-order valence-corrected chi connectivity index (χ3v) is 3.89. The van der Waals surface area contributed by atoms with Gasteiger partial charge in [0.1, 0.15) is 0 Å². The quantitative estimate of drug-likeness (QED) is 0.724. The molecule has 0 saturated heterocycles. The van der Waals surface area contributed by atoms with Crippen LogP contribution in [0.15, 0.2) is 73.1 Å². The van der Waals surface area contributed by atoms with Gasteiger partial charge in [0.15, 0.2) is 0 Å². The van der Waals surface area contributed by atoms with Gasteiger partial charge in [0.25, 0.3) is 5.91 Å². The van der Waals surface area contributed by atoms with Gasteiger partial charge in [-0.1, -0.05) is 29.8 Å². The van der Waals surface area contributed by atoms with Crippen LogP contribution in [0.3, 0.4) is 0 Å². The number of rotatable bonds is 4. The van der Waals surface area contributed by atoms with E-state index in [0.29, 0.717) is 17.7 Å². The van der Waals surface area contributed by atoms with E-state index in [4.69, 9.17) is 5.26 Å². The molecule has 1 amide bonds. The molecule has 0 N–H and O–H groups in total. The number of aryl methyl sites for hydroxylation is 1. The molecule has 0 aliphatic carbocycles. The van der Waals surface area contributed by atoms with E-state index >= 15 is 0 Å². The number of amides is 1. The summed E-state index contributed by atoms with van der Waals surface area (Å²) >= 11 is 0. The van der Waals surface area contributed by atoms with Crippen molar-refractivity contribution >= 4 is 11.6 Å². The summed E-state index contributed by atoms with van der Waals surface area (Å²) < 4.78 is 0. The molecule has 0 bridgehead atoms. The van der Waals surface area contributed by atoms with Gasteiger partial charge in [-0.15, -0.1) is 0 Å². The summed E-state index contributed by atoms with van der Waals surface area (Å²) in [6, 6.07) is 20.4. The molecule has 0 fully saturated rings. The largest absolute Gasteiger partial charge is 0.304 e. The zero-order chi connectivity index (χ0) is 17.6. The van der Waals surface area contributed by atoms with Crippen molar-refractivity contribution < 1.29 is 4.79 Å². The fourth-order valence-corrected chi connectivity index (χ4v) is 2.56. The Morgan fingerprint density at radius 1 is 1.12 bits per heavy atom. The first-order chi connectivity index (χ1) is 12.2. The Kier molecular flexibility index (Phi) is 4.87. The maximum atomic E-state index is 13.1. The zero-order valence-electron chi connectivity index (χ0n) is 13.9. The van der Waals surface area contributed by atoms with Crippen molar-refractivity contribution in [1.29, 1.82) is 5.26 Å². The highest BCUT2D eigenvalue weighted by Crippen LogP contribution is 2.21. The van der Waals surface area contributed by atoms with Crippen LogP contribution in [-0.2, 0) is 6.54 Å². The van der Waals surface area contributed by atoms with Gasteiger partial charge in [0, 0.05) is 23.6 Å². The van der Waals surface area contributed by atoms with Gasteiger partial charge in [-0.05, 0) is 48.9 Å². The maximum absolute atomic E-state index is 13.1. The van der Waals surface area contributed by atoms with Crippen molar-refractivity contribution in [3.8, 4) is 6.07 Å². The summed E-state index contributed by atoms with van der Waals surface area (Å²) in [5.74, 6) is -0.148. The fourth-order valence-electron chi connectivity index (χ4n) is 2.56. The lowest BCUT2D eigenvalue weighted by molar-refractivity contribution is 0.0985. The number of hydrogen-bond donors (Lipinski definition) is 0. The van der Waals surface area contributed by atoms with Gasteiger partial charge in [0.2, 0.25) is 0 Å². The summed E-state index contributed by atoms with van der Waals surface area (Å²) in [4.78, 5) is 18.9. The Bertz CT molecular complexity index is 912. The Balaban J connectivity index is 1.99. The Hall–Kier alpha value is -3.45. The number of hydrogen-bond acceptors (Lipinski definition) is 3. The third kappa shape index (κ3) is 3.91. The summed E-state index contributed by atoms with van der Waals surface area (Å²) in [5.41, 5.74) is 3.83. The molecule has 0 aliphatic rings. The van der Waals surface area contributed by atoms with Gasteiger partial charge in [-0.3, -0.25) is 9.78 Å². The minimum atomic E-state index is -0.148. The van der Waals surface area contributed by atoms with Crippen molar-refractivity contribution in [3.63, 3.8) is 0 Å². The van der Waals surface area contributed by atoms with E-state index in [9.17, 15) is 4.79 Å². The summed E-state index contributed by atoms with van der Waals surface area (Å²) in [6.45, 7) is 2.42. The summed E-state index contributed by atoms with van der Waals surface area (Å²) in [7, 11) is 0. The molecule has 0 saturated carbocycles. The normalized spacial score (nSPS) is 10.1. The third-order valence-electron chi connectivity index (χ3n) is 3.89. The number of pyridine rings is 1. The van der Waals surface area contributed by atoms with Crippen LogP contribution in [0.25, 0.3) is 0 Å². The molecule has 3 rings (SSSR count). The summed E-state index contributed by atoms with van der Waals surface area (Å²) in [6.07, 6.45) is 3.46. The number of carbonyl (C=O) groups is 1. The number of carbonyl (C=O) groups excluding carboxylic acids is 1. The SMILES string of the molecule is Cc1ccc(N(Cc2cccnc2)C(=O)c2cccc(C#N)c2)cc1. The summed E-state index contributed by atoms with van der Waals surface area (Å²) in [5, 5.41) is 9.08. The van der Waals surface area contributed by atoms with E-state index in [0.717, 1.165) is 16.8 Å². The highest BCUT2D eigenvalue weighted by Gasteiger charge is 2.18. The zero-order valence-corrected chi connectivity index (χ0v) is 13.9. The van der Waals surface area contributed by atoms with Crippen LogP contribution in [0.2, 0.25) is 0 Å². The molecule has 122 valence electrons. The highest BCUT2D eigenvalue weighted by molar-refractivity contribution is 6.06. The van der Waals surface area contributed by atoms with Gasteiger partial charge in [-0.25, -0.2) is 0 Å². The first-order valence-corrected chi connectivity index (χ1v) is 7.95. The van der Waals surface area contributed by atoms with Gasteiger partial charge in [0.05, 0.1) is 18.2 Å². The number of nitrogens with zero attached hydrogens (tertiary/aromatic N) is 3. The van der Waals surface area contributed by atoms with Crippen LogP contribution in [0, 0.1) is 18.3 Å². The molecule has 25 heavy (non-hydrogen) atoms. The van der Waals surface area contributed by atoms with Crippen LogP contribution in [0.1, 0.15) is 27.0 Å². The van der Waals surface area contributed by atoms with Gasteiger partial charge < -0.3 is 4.90 Å². The first-order valence-electron chi connectivity index (χ1n) is 7.95. The van der Waals surface area contributed by atoms with E-state index in [1.165, 1.54) is 0 Å². The van der Waals surface area contributed by atoms with Crippen molar-refractivity contribution in [2.45, 2.75) is 13.5 Å². The van der Waals surface area contributed by atoms with E-state index in [2.05, 4.69) is 11.1 Å². The Labute approximate surface area is 147 Å². The molecule has 3 aromatic rings. The standard InChI is InChI=1S/C21H17N3O/c1-16-7-9-20(10-8-16)24(15-18-5-3-11-23-14-18)21(25)19-6-2-4-17(12-19)13-22/h2-12,14H,15H2,1H3. The van der Waals surface area contributed by atoms with Crippen LogP contribution < -0.4 is 4.90 Å². The molecule has 4 nitrogen and oxygen atoms in total. The Morgan fingerprint density at radius 2 is 1.92 bits per heavy atom. The van der Waals surface area contributed by atoms with E-state index in [-0.39, 0.29) is 5.91 Å². The molecular formula is C21H17N3O. The lowest BCUT2D eigenvalue weighted by atomic mass is 10.1. The number of benzene rings is 2. The van der Waals surface area contributed by atoms with Crippen molar-refractivity contribution in [2.75, 3.05) is 4.90 Å². The van der Waals surface area contributed by atoms with Crippen LogP contribution >= 0.6 is 0 Å².